The van der Waals surface area contributed by atoms with Crippen molar-refractivity contribution in [1.82, 2.24) is 0 Å². The molecule has 11 heteroatoms. The third kappa shape index (κ3) is 7.33. The first-order valence-electron chi connectivity index (χ1n) is 18.0. The second kappa shape index (κ2) is 14.6. The summed E-state index contributed by atoms with van der Waals surface area (Å²) in [7, 11) is 0. The van der Waals surface area contributed by atoms with E-state index in [0.717, 1.165) is 9.80 Å². The molecule has 2 aliphatic rings. The van der Waals surface area contributed by atoms with Gasteiger partial charge in [0.05, 0.1) is 33.6 Å². The quantitative estimate of drug-likeness (QED) is 0.105. The molecule has 57 heavy (non-hydrogen) atoms. The summed E-state index contributed by atoms with van der Waals surface area (Å²) in [4.78, 5) is 70.6. The van der Waals surface area contributed by atoms with Crippen LogP contribution in [0.25, 0.3) is 0 Å². The fraction of sp³-hybridized carbons (Fsp3) is 0.109. The molecule has 0 atom stereocenters. The van der Waals surface area contributed by atoms with Crippen molar-refractivity contribution < 1.29 is 42.9 Å². The van der Waals surface area contributed by atoms with Crippen molar-refractivity contribution in [3.63, 3.8) is 0 Å². The summed E-state index contributed by atoms with van der Waals surface area (Å²) in [5.41, 5.74) is 0.826. The number of carbonyl (C=O) groups excluding carboxylic acids is 5. The Bertz CT molecular complexity index is 2420. The molecule has 0 unspecified atom stereocenters. The third-order valence-corrected chi connectivity index (χ3v) is 9.14. The Labute approximate surface area is 327 Å². The van der Waals surface area contributed by atoms with Gasteiger partial charge in [0, 0.05) is 12.1 Å². The zero-order valence-corrected chi connectivity index (χ0v) is 31.0. The SMILES string of the molecule is CC(C)(C)OC(=O)OC(c1ccc2c(c1)C(=O)N(c1cccc(Oc3ccccc3)c1)C2=O)c1ccc2c(c1)C(=O)N(c1cccc(Oc3ccccc3)c1)C2=O. The summed E-state index contributed by atoms with van der Waals surface area (Å²) >= 11 is 0. The summed E-state index contributed by atoms with van der Waals surface area (Å²) in [6.07, 6.45) is -2.22. The smallest absolute Gasteiger partial charge is 0.457 e. The minimum Gasteiger partial charge on any atom is -0.457 e. The van der Waals surface area contributed by atoms with E-state index < -0.39 is 41.5 Å². The summed E-state index contributed by atoms with van der Waals surface area (Å²) < 4.78 is 23.3. The lowest BCUT2D eigenvalue weighted by molar-refractivity contribution is -0.0201. The molecular weight excluding hydrogens is 725 g/mol. The molecule has 0 radical (unpaired) electrons. The van der Waals surface area contributed by atoms with Crippen LogP contribution >= 0.6 is 0 Å². The van der Waals surface area contributed by atoms with Gasteiger partial charge in [-0.05, 0) is 105 Å². The molecule has 8 rings (SSSR count). The Hall–Kier alpha value is -7.53. The number of anilines is 2. The van der Waals surface area contributed by atoms with Gasteiger partial charge in [-0.1, -0.05) is 60.7 Å². The number of hydrogen-bond acceptors (Lipinski definition) is 9. The van der Waals surface area contributed by atoms with Crippen LogP contribution in [0.5, 0.6) is 23.0 Å². The van der Waals surface area contributed by atoms with Gasteiger partial charge in [-0.2, -0.15) is 0 Å². The molecule has 0 N–H and O–H groups in total. The molecule has 282 valence electrons. The second-order valence-electron chi connectivity index (χ2n) is 14.3. The van der Waals surface area contributed by atoms with Crippen molar-refractivity contribution >= 4 is 41.2 Å². The largest absolute Gasteiger partial charge is 0.509 e. The van der Waals surface area contributed by atoms with Gasteiger partial charge in [-0.25, -0.2) is 14.6 Å². The Balaban J connectivity index is 1.11. The number of hydrogen-bond donors (Lipinski definition) is 0. The van der Waals surface area contributed by atoms with Gasteiger partial charge in [-0.15, -0.1) is 0 Å². The van der Waals surface area contributed by atoms with Crippen molar-refractivity contribution in [3.8, 4) is 23.0 Å². The average Bonchev–Trinajstić information content (AvgIpc) is 3.60. The number of para-hydroxylation sites is 2. The second-order valence-corrected chi connectivity index (χ2v) is 14.3. The maximum atomic E-state index is 14.0. The molecule has 6 aromatic carbocycles. The van der Waals surface area contributed by atoms with Gasteiger partial charge in [0.1, 0.15) is 28.6 Å². The number of benzene rings is 6. The Kier molecular flexibility index (Phi) is 9.34. The van der Waals surface area contributed by atoms with Gasteiger partial charge >= 0.3 is 6.16 Å². The van der Waals surface area contributed by atoms with Crippen LogP contribution in [0.1, 0.15) is 79.4 Å². The highest BCUT2D eigenvalue weighted by atomic mass is 16.7. The van der Waals surface area contributed by atoms with Crippen molar-refractivity contribution in [2.75, 3.05) is 9.80 Å². The van der Waals surface area contributed by atoms with Crippen LogP contribution in [0, 0.1) is 0 Å². The van der Waals surface area contributed by atoms with Gasteiger partial charge in [0.15, 0.2) is 6.10 Å². The molecule has 2 heterocycles. The number of imide groups is 2. The molecule has 6 aromatic rings. The van der Waals surface area contributed by atoms with E-state index in [-0.39, 0.29) is 22.3 Å². The fourth-order valence-corrected chi connectivity index (χ4v) is 6.63. The van der Waals surface area contributed by atoms with Crippen LogP contribution in [0.3, 0.4) is 0 Å². The molecule has 0 aromatic heterocycles. The van der Waals surface area contributed by atoms with Crippen molar-refractivity contribution in [2.45, 2.75) is 32.5 Å². The van der Waals surface area contributed by atoms with E-state index >= 15 is 0 Å². The predicted molar refractivity (Wildman–Crippen MR) is 210 cm³/mol. The molecule has 4 amide bonds. The van der Waals surface area contributed by atoms with Crippen molar-refractivity contribution in [1.29, 1.82) is 0 Å². The van der Waals surface area contributed by atoms with Crippen molar-refractivity contribution in [3.05, 3.63) is 179 Å². The van der Waals surface area contributed by atoms with E-state index in [1.165, 1.54) is 24.3 Å². The zero-order valence-electron chi connectivity index (χ0n) is 31.0. The van der Waals surface area contributed by atoms with Crippen LogP contribution < -0.4 is 19.3 Å². The number of amides is 4. The highest BCUT2D eigenvalue weighted by Crippen LogP contribution is 2.38. The first-order chi connectivity index (χ1) is 27.4. The Morgan fingerprint density at radius 1 is 0.474 bits per heavy atom. The molecule has 0 aliphatic carbocycles. The summed E-state index contributed by atoms with van der Waals surface area (Å²) in [6.45, 7) is 5.06. The maximum absolute atomic E-state index is 14.0. The lowest BCUT2D eigenvalue weighted by Crippen LogP contribution is -2.29. The summed E-state index contributed by atoms with van der Waals surface area (Å²) in [6, 6.07) is 40.6. The summed E-state index contributed by atoms with van der Waals surface area (Å²) in [5.74, 6) is -0.221. The molecule has 2 aliphatic heterocycles. The van der Waals surface area contributed by atoms with Gasteiger partial charge < -0.3 is 18.9 Å². The third-order valence-electron chi connectivity index (χ3n) is 9.14. The van der Waals surface area contributed by atoms with Crippen LogP contribution in [-0.2, 0) is 9.47 Å². The lowest BCUT2D eigenvalue weighted by atomic mass is 9.95. The van der Waals surface area contributed by atoms with Crippen LogP contribution in [0.4, 0.5) is 16.2 Å². The molecule has 11 nitrogen and oxygen atoms in total. The number of fused-ring (bicyclic) bond motifs is 2. The molecule has 0 fully saturated rings. The monoisotopic (exact) mass is 758 g/mol. The summed E-state index contributed by atoms with van der Waals surface area (Å²) in [5, 5.41) is 0. The minimum absolute atomic E-state index is 0.0841. The van der Waals surface area contributed by atoms with E-state index in [1.807, 2.05) is 36.4 Å². The van der Waals surface area contributed by atoms with E-state index in [4.69, 9.17) is 18.9 Å². The van der Waals surface area contributed by atoms with Crippen LogP contribution in [-0.4, -0.2) is 35.4 Å². The molecule has 0 saturated carbocycles. The highest BCUT2D eigenvalue weighted by Gasteiger charge is 2.40. The predicted octanol–water partition coefficient (Wildman–Crippen LogP) is 9.91. The molecule has 0 spiro atoms. The number of nitrogens with zero attached hydrogens (tertiary/aromatic N) is 2. The van der Waals surface area contributed by atoms with Gasteiger partial charge in [0.25, 0.3) is 23.6 Å². The first kappa shape index (κ1) is 36.4. The maximum Gasteiger partial charge on any atom is 0.509 e. The topological polar surface area (TPSA) is 129 Å². The zero-order chi connectivity index (χ0) is 39.8. The Morgan fingerprint density at radius 2 is 0.877 bits per heavy atom. The van der Waals surface area contributed by atoms with E-state index in [1.54, 1.807) is 106 Å². The average molecular weight is 759 g/mol. The number of carbonyl (C=O) groups is 5. The standard InChI is InChI=1S/C46H34N2O9/c1-46(2,3)57-45(53)56-40(28-20-22-36-38(24-28)43(51)47(41(36)49)30-12-10-18-34(26-30)54-32-14-6-4-7-15-32)29-21-23-37-39(25-29)44(52)48(42(37)50)31-13-11-19-35(27-31)55-33-16-8-5-9-17-33/h4-27,40H,1-3H3. The fourth-order valence-electron chi connectivity index (χ4n) is 6.63. The van der Waals surface area contributed by atoms with Crippen molar-refractivity contribution in [2.24, 2.45) is 0 Å². The van der Waals surface area contributed by atoms with E-state index in [0.29, 0.717) is 45.5 Å². The normalized spacial score (nSPS) is 13.5. The van der Waals surface area contributed by atoms with Gasteiger partial charge in [0.2, 0.25) is 0 Å². The number of ether oxygens (including phenoxy) is 4. The van der Waals surface area contributed by atoms with E-state index in [9.17, 15) is 24.0 Å². The molecule has 0 saturated heterocycles. The van der Waals surface area contributed by atoms with E-state index in [2.05, 4.69) is 0 Å². The van der Waals surface area contributed by atoms with Gasteiger partial charge in [-0.3, -0.25) is 19.2 Å². The molecule has 0 bridgehead atoms. The number of rotatable bonds is 9. The highest BCUT2D eigenvalue weighted by molar-refractivity contribution is 6.35. The lowest BCUT2D eigenvalue weighted by Gasteiger charge is -2.23. The van der Waals surface area contributed by atoms with Crippen LogP contribution in [0.2, 0.25) is 0 Å². The molecular formula is C46H34N2O9. The minimum atomic E-state index is -1.21. The first-order valence-corrected chi connectivity index (χ1v) is 18.0. The van der Waals surface area contributed by atoms with Crippen LogP contribution in [0.15, 0.2) is 146 Å². The Morgan fingerprint density at radius 3 is 1.30 bits per heavy atom.